The molecule has 0 fully saturated rings. The highest BCUT2D eigenvalue weighted by molar-refractivity contribution is 5.94. The Morgan fingerprint density at radius 1 is 1.15 bits per heavy atom. The molecule has 0 bridgehead atoms. The summed E-state index contributed by atoms with van der Waals surface area (Å²) in [5, 5.41) is 2.42. The fourth-order valence-electron chi connectivity index (χ4n) is 1.64. The molecule has 0 saturated carbocycles. The van der Waals surface area contributed by atoms with Crippen molar-refractivity contribution in [3.63, 3.8) is 0 Å². The summed E-state index contributed by atoms with van der Waals surface area (Å²) in [6, 6.07) is 11.1. The summed E-state index contributed by atoms with van der Waals surface area (Å²) in [5.74, 6) is -0.199. The zero-order chi connectivity index (χ0) is 14.5. The van der Waals surface area contributed by atoms with Gasteiger partial charge in [-0.1, -0.05) is 29.8 Å². The number of nitrogens with one attached hydrogen (secondary N) is 1. The third-order valence-electron chi connectivity index (χ3n) is 2.79. The summed E-state index contributed by atoms with van der Waals surface area (Å²) in [4.78, 5) is 22.7. The van der Waals surface area contributed by atoms with Gasteiger partial charge in [-0.15, -0.1) is 0 Å². The maximum atomic E-state index is 11.8. The van der Waals surface area contributed by atoms with Crippen molar-refractivity contribution in [3.8, 4) is 11.3 Å². The smallest absolute Gasteiger partial charge is 0.325 e. The maximum Gasteiger partial charge on any atom is 0.325 e. The lowest BCUT2D eigenvalue weighted by molar-refractivity contribution is -0.139. The van der Waals surface area contributed by atoms with Crippen LogP contribution in [0.2, 0.25) is 0 Å². The minimum atomic E-state index is -0.510. The molecule has 0 aliphatic carbocycles. The summed E-state index contributed by atoms with van der Waals surface area (Å²) >= 11 is 0. The van der Waals surface area contributed by atoms with Crippen LogP contribution in [-0.4, -0.2) is 25.5 Å². The third-order valence-corrected chi connectivity index (χ3v) is 2.79. The van der Waals surface area contributed by atoms with Crippen LogP contribution >= 0.6 is 0 Å². The van der Waals surface area contributed by atoms with Gasteiger partial charge in [0, 0.05) is 5.56 Å². The number of esters is 1. The fourth-order valence-corrected chi connectivity index (χ4v) is 1.64. The molecule has 0 aliphatic rings. The van der Waals surface area contributed by atoms with Gasteiger partial charge in [-0.05, 0) is 19.1 Å². The zero-order valence-corrected chi connectivity index (χ0v) is 11.3. The van der Waals surface area contributed by atoms with E-state index < -0.39 is 11.9 Å². The van der Waals surface area contributed by atoms with Crippen molar-refractivity contribution in [1.29, 1.82) is 0 Å². The molecule has 1 N–H and O–H groups in total. The van der Waals surface area contributed by atoms with Crippen molar-refractivity contribution in [2.24, 2.45) is 0 Å². The highest BCUT2D eigenvalue weighted by Gasteiger charge is 2.13. The molecule has 1 heterocycles. The Labute approximate surface area is 116 Å². The highest BCUT2D eigenvalue weighted by Crippen LogP contribution is 2.22. The van der Waals surface area contributed by atoms with E-state index in [1.807, 2.05) is 31.2 Å². The molecule has 2 rings (SSSR count). The van der Waals surface area contributed by atoms with Gasteiger partial charge in [0.2, 0.25) is 0 Å². The number of hydrogen-bond acceptors (Lipinski definition) is 4. The summed E-state index contributed by atoms with van der Waals surface area (Å²) in [6.07, 6.45) is 0. The number of rotatable bonds is 4. The van der Waals surface area contributed by atoms with E-state index in [1.165, 1.54) is 7.11 Å². The van der Waals surface area contributed by atoms with Crippen LogP contribution in [0.3, 0.4) is 0 Å². The monoisotopic (exact) mass is 273 g/mol. The Hall–Kier alpha value is -2.56. The Bertz CT molecular complexity index is 613. The predicted octanol–water partition coefficient (Wildman–Crippen LogP) is 2.16. The van der Waals surface area contributed by atoms with Crippen LogP contribution in [0.15, 0.2) is 40.8 Å². The molecule has 0 atom stereocenters. The number of furan rings is 1. The van der Waals surface area contributed by atoms with Gasteiger partial charge < -0.3 is 14.5 Å². The number of amides is 1. The predicted molar refractivity (Wildman–Crippen MR) is 73.2 cm³/mol. The second kappa shape index (κ2) is 6.06. The molecule has 20 heavy (non-hydrogen) atoms. The quantitative estimate of drug-likeness (QED) is 0.867. The van der Waals surface area contributed by atoms with Crippen LogP contribution < -0.4 is 5.32 Å². The largest absolute Gasteiger partial charge is 0.468 e. The Morgan fingerprint density at radius 2 is 1.85 bits per heavy atom. The Morgan fingerprint density at radius 3 is 2.50 bits per heavy atom. The number of methoxy groups -OCH3 is 1. The van der Waals surface area contributed by atoms with Crippen LogP contribution in [0.25, 0.3) is 11.3 Å². The Kier molecular flexibility index (Phi) is 4.20. The first-order valence-corrected chi connectivity index (χ1v) is 6.12. The van der Waals surface area contributed by atoms with Gasteiger partial charge in [-0.3, -0.25) is 9.59 Å². The van der Waals surface area contributed by atoms with Crippen molar-refractivity contribution < 1.29 is 18.7 Å². The molecule has 1 amide bonds. The number of aryl methyl sites for hydroxylation is 1. The molecule has 1 aromatic carbocycles. The maximum absolute atomic E-state index is 11.8. The highest BCUT2D eigenvalue weighted by atomic mass is 16.5. The van der Waals surface area contributed by atoms with Crippen LogP contribution in [-0.2, 0) is 9.53 Å². The molecule has 0 unspecified atom stereocenters. The van der Waals surface area contributed by atoms with E-state index in [0.29, 0.717) is 5.76 Å². The number of benzene rings is 1. The number of hydrogen-bond donors (Lipinski definition) is 1. The summed E-state index contributed by atoms with van der Waals surface area (Å²) in [7, 11) is 1.26. The zero-order valence-electron chi connectivity index (χ0n) is 11.3. The second-order valence-electron chi connectivity index (χ2n) is 4.29. The van der Waals surface area contributed by atoms with Crippen LogP contribution in [0.1, 0.15) is 16.1 Å². The summed E-state index contributed by atoms with van der Waals surface area (Å²) in [5.41, 5.74) is 2.04. The fraction of sp³-hybridized carbons (Fsp3) is 0.200. The average molecular weight is 273 g/mol. The lowest BCUT2D eigenvalue weighted by Gasteiger charge is -2.01. The average Bonchev–Trinajstić information content (AvgIpc) is 2.95. The van der Waals surface area contributed by atoms with E-state index in [2.05, 4.69) is 10.1 Å². The van der Waals surface area contributed by atoms with E-state index in [9.17, 15) is 9.59 Å². The standard InChI is InChI=1S/C15H15NO4/c1-10-3-5-11(6-4-10)12-7-8-13(20-12)15(18)16-9-14(17)19-2/h3-8H,9H2,1-2H3,(H,16,18). The summed E-state index contributed by atoms with van der Waals surface area (Å²) in [6.45, 7) is 1.81. The van der Waals surface area contributed by atoms with Gasteiger partial charge >= 0.3 is 5.97 Å². The van der Waals surface area contributed by atoms with E-state index in [1.54, 1.807) is 12.1 Å². The molecule has 2 aromatic rings. The molecular weight excluding hydrogens is 258 g/mol. The molecular formula is C15H15NO4. The summed E-state index contributed by atoms with van der Waals surface area (Å²) < 4.78 is 9.91. The second-order valence-corrected chi connectivity index (χ2v) is 4.29. The first kappa shape index (κ1) is 13.9. The number of ether oxygens (including phenoxy) is 1. The lowest BCUT2D eigenvalue weighted by atomic mass is 10.1. The number of carbonyl (C=O) groups is 2. The topological polar surface area (TPSA) is 68.5 Å². The molecule has 104 valence electrons. The SMILES string of the molecule is COC(=O)CNC(=O)c1ccc(-c2ccc(C)cc2)o1. The van der Waals surface area contributed by atoms with E-state index >= 15 is 0 Å². The normalized spacial score (nSPS) is 10.1. The van der Waals surface area contributed by atoms with E-state index in [4.69, 9.17) is 4.42 Å². The van der Waals surface area contributed by atoms with Crippen LogP contribution in [0, 0.1) is 6.92 Å². The van der Waals surface area contributed by atoms with Gasteiger partial charge in [0.15, 0.2) is 5.76 Å². The van der Waals surface area contributed by atoms with Crippen LogP contribution in [0.5, 0.6) is 0 Å². The molecule has 0 aliphatic heterocycles. The molecule has 0 radical (unpaired) electrons. The first-order valence-electron chi connectivity index (χ1n) is 6.12. The molecule has 5 heteroatoms. The van der Waals surface area contributed by atoms with E-state index in [0.717, 1.165) is 11.1 Å². The van der Waals surface area contributed by atoms with Gasteiger partial charge in [0.25, 0.3) is 5.91 Å². The van der Waals surface area contributed by atoms with Gasteiger partial charge in [-0.25, -0.2) is 0 Å². The van der Waals surface area contributed by atoms with Gasteiger partial charge in [0.05, 0.1) is 7.11 Å². The molecule has 0 saturated heterocycles. The molecule has 1 aromatic heterocycles. The van der Waals surface area contributed by atoms with Gasteiger partial charge in [-0.2, -0.15) is 0 Å². The minimum Gasteiger partial charge on any atom is -0.468 e. The molecule has 0 spiro atoms. The van der Waals surface area contributed by atoms with Crippen molar-refractivity contribution >= 4 is 11.9 Å². The van der Waals surface area contributed by atoms with Crippen LogP contribution in [0.4, 0.5) is 0 Å². The number of carbonyl (C=O) groups excluding carboxylic acids is 2. The van der Waals surface area contributed by atoms with Gasteiger partial charge in [0.1, 0.15) is 12.3 Å². The third kappa shape index (κ3) is 3.26. The van der Waals surface area contributed by atoms with Crippen molar-refractivity contribution in [2.75, 3.05) is 13.7 Å². The molecule has 5 nitrogen and oxygen atoms in total. The minimum absolute atomic E-state index is 0.157. The van der Waals surface area contributed by atoms with E-state index in [-0.39, 0.29) is 12.3 Å². The Balaban J connectivity index is 2.06. The van der Waals surface area contributed by atoms with Crippen molar-refractivity contribution in [3.05, 3.63) is 47.7 Å². The van der Waals surface area contributed by atoms with Crippen molar-refractivity contribution in [2.45, 2.75) is 6.92 Å². The van der Waals surface area contributed by atoms with Crippen molar-refractivity contribution in [1.82, 2.24) is 5.32 Å². The first-order chi connectivity index (χ1) is 9.60. The lowest BCUT2D eigenvalue weighted by Crippen LogP contribution is -2.29.